The standard InChI is InChI=1S/C18H22FN3O3/c19-13-5-7-15(8-6-13)24-12-17-20-18(25-21-17)16-11-23-10-9-22(16)14-3-1-2-4-14/h5-8,14,16H,1-4,9-12H2. The number of morpholine rings is 1. The molecule has 1 aromatic heterocycles. The van der Waals surface area contributed by atoms with Crippen LogP contribution in [-0.4, -0.2) is 40.8 Å². The fourth-order valence-electron chi connectivity index (χ4n) is 3.64. The molecule has 1 atom stereocenters. The van der Waals surface area contributed by atoms with Crippen molar-refractivity contribution in [1.82, 2.24) is 15.0 Å². The van der Waals surface area contributed by atoms with E-state index in [9.17, 15) is 4.39 Å². The molecule has 2 fully saturated rings. The maximum atomic E-state index is 12.9. The quantitative estimate of drug-likeness (QED) is 0.828. The number of nitrogens with zero attached hydrogens (tertiary/aromatic N) is 3. The molecule has 2 aromatic rings. The minimum absolute atomic E-state index is 0.0175. The van der Waals surface area contributed by atoms with E-state index in [0.717, 1.165) is 13.2 Å². The van der Waals surface area contributed by atoms with E-state index in [4.69, 9.17) is 14.0 Å². The Morgan fingerprint density at radius 3 is 2.80 bits per heavy atom. The lowest BCUT2D eigenvalue weighted by Crippen LogP contribution is -2.44. The summed E-state index contributed by atoms with van der Waals surface area (Å²) in [6.45, 7) is 2.42. The zero-order valence-electron chi connectivity index (χ0n) is 14.1. The van der Waals surface area contributed by atoms with Crippen molar-refractivity contribution in [3.63, 3.8) is 0 Å². The number of aromatic nitrogens is 2. The minimum atomic E-state index is -0.293. The highest BCUT2D eigenvalue weighted by Crippen LogP contribution is 2.32. The van der Waals surface area contributed by atoms with E-state index >= 15 is 0 Å². The Morgan fingerprint density at radius 2 is 2.00 bits per heavy atom. The molecule has 1 aromatic carbocycles. The first-order chi connectivity index (χ1) is 12.3. The SMILES string of the molecule is Fc1ccc(OCc2noc(C3COCCN3C3CCCC3)n2)cc1. The van der Waals surface area contributed by atoms with Gasteiger partial charge in [-0.15, -0.1) is 0 Å². The van der Waals surface area contributed by atoms with Crippen molar-refractivity contribution >= 4 is 0 Å². The Bertz CT molecular complexity index is 685. The van der Waals surface area contributed by atoms with Crippen LogP contribution in [0.25, 0.3) is 0 Å². The molecule has 0 radical (unpaired) electrons. The normalized spacial score (nSPS) is 22.4. The van der Waals surface area contributed by atoms with Gasteiger partial charge in [0, 0.05) is 12.6 Å². The molecule has 6 nitrogen and oxygen atoms in total. The molecule has 1 saturated carbocycles. The Morgan fingerprint density at radius 1 is 1.20 bits per heavy atom. The summed E-state index contributed by atoms with van der Waals surface area (Å²) in [7, 11) is 0. The van der Waals surface area contributed by atoms with Crippen LogP contribution in [0.5, 0.6) is 5.75 Å². The minimum Gasteiger partial charge on any atom is -0.485 e. The van der Waals surface area contributed by atoms with E-state index in [2.05, 4.69) is 15.0 Å². The molecule has 1 aliphatic heterocycles. The van der Waals surface area contributed by atoms with Crippen molar-refractivity contribution in [1.29, 1.82) is 0 Å². The van der Waals surface area contributed by atoms with E-state index < -0.39 is 0 Å². The van der Waals surface area contributed by atoms with Crippen LogP contribution in [0.15, 0.2) is 28.8 Å². The van der Waals surface area contributed by atoms with E-state index in [0.29, 0.717) is 30.1 Å². The molecule has 7 heteroatoms. The molecule has 1 saturated heterocycles. The maximum absolute atomic E-state index is 12.9. The van der Waals surface area contributed by atoms with Crippen molar-refractivity contribution in [3.8, 4) is 5.75 Å². The van der Waals surface area contributed by atoms with Crippen LogP contribution < -0.4 is 4.74 Å². The van der Waals surface area contributed by atoms with Gasteiger partial charge in [0.2, 0.25) is 11.7 Å². The molecule has 0 bridgehead atoms. The van der Waals surface area contributed by atoms with Gasteiger partial charge in [0.1, 0.15) is 17.6 Å². The fraction of sp³-hybridized carbons (Fsp3) is 0.556. The zero-order valence-corrected chi connectivity index (χ0v) is 14.1. The summed E-state index contributed by atoms with van der Waals surface area (Å²) in [4.78, 5) is 6.94. The average Bonchev–Trinajstić information content (AvgIpc) is 3.33. The van der Waals surface area contributed by atoms with E-state index in [1.54, 1.807) is 12.1 Å². The van der Waals surface area contributed by atoms with Crippen molar-refractivity contribution < 1.29 is 18.4 Å². The molecule has 1 aliphatic carbocycles. The fourth-order valence-corrected chi connectivity index (χ4v) is 3.64. The molecular formula is C18H22FN3O3. The number of hydrogen-bond acceptors (Lipinski definition) is 6. The molecule has 134 valence electrons. The lowest BCUT2D eigenvalue weighted by Gasteiger charge is -2.37. The number of ether oxygens (including phenoxy) is 2. The topological polar surface area (TPSA) is 60.6 Å². The second-order valence-corrected chi connectivity index (χ2v) is 6.56. The van der Waals surface area contributed by atoms with Gasteiger partial charge in [-0.1, -0.05) is 18.0 Å². The molecule has 25 heavy (non-hydrogen) atoms. The molecule has 1 unspecified atom stereocenters. The first-order valence-electron chi connectivity index (χ1n) is 8.84. The summed E-state index contributed by atoms with van der Waals surface area (Å²) in [5.74, 6) is 1.35. The van der Waals surface area contributed by atoms with E-state index in [1.165, 1.54) is 37.8 Å². The first-order valence-corrected chi connectivity index (χ1v) is 8.84. The lowest BCUT2D eigenvalue weighted by molar-refractivity contribution is -0.0397. The van der Waals surface area contributed by atoms with Gasteiger partial charge in [0.25, 0.3) is 0 Å². The van der Waals surface area contributed by atoms with Crippen LogP contribution in [0.2, 0.25) is 0 Å². The Hall–Kier alpha value is -1.99. The first kappa shape index (κ1) is 16.5. The van der Waals surface area contributed by atoms with Crippen molar-refractivity contribution in [3.05, 3.63) is 41.8 Å². The maximum Gasteiger partial charge on any atom is 0.246 e. The van der Waals surface area contributed by atoms with Crippen molar-refractivity contribution in [2.45, 2.75) is 44.4 Å². The van der Waals surface area contributed by atoms with Crippen molar-refractivity contribution in [2.24, 2.45) is 0 Å². The molecule has 0 N–H and O–H groups in total. The smallest absolute Gasteiger partial charge is 0.246 e. The third-order valence-corrected chi connectivity index (χ3v) is 4.91. The van der Waals surface area contributed by atoms with E-state index in [1.807, 2.05) is 0 Å². The summed E-state index contributed by atoms with van der Waals surface area (Å²) in [5, 5.41) is 4.02. The van der Waals surface area contributed by atoms with Crippen LogP contribution in [0.4, 0.5) is 4.39 Å². The van der Waals surface area contributed by atoms with Gasteiger partial charge in [-0.05, 0) is 37.1 Å². The lowest BCUT2D eigenvalue weighted by atomic mass is 10.1. The van der Waals surface area contributed by atoms with Gasteiger partial charge in [0.15, 0.2) is 6.61 Å². The summed E-state index contributed by atoms with van der Waals surface area (Å²) in [6, 6.07) is 6.47. The molecule has 0 spiro atoms. The Kier molecular flexibility index (Phi) is 4.94. The van der Waals surface area contributed by atoms with Gasteiger partial charge in [-0.25, -0.2) is 4.39 Å². The highest BCUT2D eigenvalue weighted by atomic mass is 19.1. The van der Waals surface area contributed by atoms with Gasteiger partial charge in [-0.2, -0.15) is 4.98 Å². The largest absolute Gasteiger partial charge is 0.485 e. The molecule has 2 heterocycles. The van der Waals surface area contributed by atoms with Crippen LogP contribution in [0.1, 0.15) is 43.4 Å². The van der Waals surface area contributed by atoms with Crippen LogP contribution in [0, 0.1) is 5.82 Å². The Balaban J connectivity index is 1.41. The van der Waals surface area contributed by atoms with Crippen LogP contribution >= 0.6 is 0 Å². The summed E-state index contributed by atoms with van der Waals surface area (Å²) in [6.07, 6.45) is 5.03. The Labute approximate surface area is 145 Å². The number of benzene rings is 1. The highest BCUT2D eigenvalue weighted by molar-refractivity contribution is 5.22. The third-order valence-electron chi connectivity index (χ3n) is 4.91. The second kappa shape index (κ2) is 7.49. The molecule has 0 amide bonds. The summed E-state index contributed by atoms with van der Waals surface area (Å²) < 4.78 is 29.6. The van der Waals surface area contributed by atoms with Gasteiger partial charge >= 0.3 is 0 Å². The highest BCUT2D eigenvalue weighted by Gasteiger charge is 2.35. The monoisotopic (exact) mass is 347 g/mol. The third kappa shape index (κ3) is 3.82. The van der Waals surface area contributed by atoms with Crippen LogP contribution in [0.3, 0.4) is 0 Å². The number of hydrogen-bond donors (Lipinski definition) is 0. The molecular weight excluding hydrogens is 325 g/mol. The van der Waals surface area contributed by atoms with E-state index in [-0.39, 0.29) is 18.5 Å². The van der Waals surface area contributed by atoms with Gasteiger partial charge in [0.05, 0.1) is 13.2 Å². The molecule has 4 rings (SSSR count). The summed E-state index contributed by atoms with van der Waals surface area (Å²) in [5.41, 5.74) is 0. The van der Waals surface area contributed by atoms with Crippen LogP contribution in [-0.2, 0) is 11.3 Å². The predicted octanol–water partition coefficient (Wildman–Crippen LogP) is 3.10. The average molecular weight is 347 g/mol. The second-order valence-electron chi connectivity index (χ2n) is 6.56. The summed E-state index contributed by atoms with van der Waals surface area (Å²) >= 11 is 0. The number of rotatable bonds is 5. The van der Waals surface area contributed by atoms with Gasteiger partial charge in [-0.3, -0.25) is 4.90 Å². The number of halogens is 1. The predicted molar refractivity (Wildman–Crippen MR) is 87.6 cm³/mol. The van der Waals surface area contributed by atoms with Gasteiger partial charge < -0.3 is 14.0 Å². The van der Waals surface area contributed by atoms with Crippen molar-refractivity contribution in [2.75, 3.05) is 19.8 Å². The zero-order chi connectivity index (χ0) is 17.1. The molecule has 2 aliphatic rings.